The molecule has 2 aliphatic heterocycles. The highest BCUT2D eigenvalue weighted by atomic mass is 16.6. The molecule has 0 aromatic heterocycles. The van der Waals surface area contributed by atoms with Crippen molar-refractivity contribution in [3.63, 3.8) is 0 Å². The summed E-state index contributed by atoms with van der Waals surface area (Å²) in [5, 5.41) is 0. The van der Waals surface area contributed by atoms with Crippen LogP contribution in [-0.2, 0) is 9.47 Å². The lowest BCUT2D eigenvalue weighted by molar-refractivity contribution is 0.0275. The van der Waals surface area contributed by atoms with Gasteiger partial charge in [-0.2, -0.15) is 0 Å². The molecule has 3 atom stereocenters. The van der Waals surface area contributed by atoms with E-state index >= 15 is 0 Å². The van der Waals surface area contributed by atoms with Crippen LogP contribution < -0.4 is 0 Å². The molecule has 1 aliphatic carbocycles. The average molecular weight is 239 g/mol. The van der Waals surface area contributed by atoms with Gasteiger partial charge >= 0.3 is 6.09 Å². The summed E-state index contributed by atoms with van der Waals surface area (Å²) < 4.78 is 10.9. The first-order valence-electron chi connectivity index (χ1n) is 6.49. The minimum atomic E-state index is -0.393. The molecule has 0 aromatic rings. The van der Waals surface area contributed by atoms with Crippen LogP contribution in [0.25, 0.3) is 0 Å². The molecular weight excluding hydrogens is 218 g/mol. The third kappa shape index (κ3) is 2.15. The number of hydrogen-bond donors (Lipinski definition) is 0. The molecule has 1 unspecified atom stereocenters. The first-order chi connectivity index (χ1) is 7.87. The van der Waals surface area contributed by atoms with Crippen molar-refractivity contribution in [3.8, 4) is 0 Å². The van der Waals surface area contributed by atoms with E-state index in [0.717, 1.165) is 32.5 Å². The molecule has 0 N–H and O–H groups in total. The lowest BCUT2D eigenvalue weighted by Crippen LogP contribution is -2.36. The van der Waals surface area contributed by atoms with Gasteiger partial charge in [0.15, 0.2) is 0 Å². The summed E-state index contributed by atoms with van der Waals surface area (Å²) in [6.07, 6.45) is 2.12. The van der Waals surface area contributed by atoms with E-state index in [-0.39, 0.29) is 11.7 Å². The number of fused-ring (bicyclic) bond motifs is 1. The van der Waals surface area contributed by atoms with E-state index in [4.69, 9.17) is 9.47 Å². The Bertz CT molecular complexity index is 327. The summed E-state index contributed by atoms with van der Waals surface area (Å²) in [6.45, 7) is 8.38. The molecule has 3 fully saturated rings. The Hall–Kier alpha value is -0.770. The van der Waals surface area contributed by atoms with Crippen molar-refractivity contribution >= 4 is 6.09 Å². The number of amides is 1. The molecule has 4 heteroatoms. The number of rotatable bonds is 0. The molecule has 3 aliphatic rings. The number of carbonyl (C=O) groups is 1. The Morgan fingerprint density at radius 3 is 2.24 bits per heavy atom. The van der Waals surface area contributed by atoms with Crippen LogP contribution in [-0.4, -0.2) is 41.9 Å². The average Bonchev–Trinajstić information content (AvgIpc) is 2.61. The fourth-order valence-corrected chi connectivity index (χ4v) is 3.25. The van der Waals surface area contributed by atoms with E-state index in [1.807, 2.05) is 25.7 Å². The van der Waals surface area contributed by atoms with Crippen molar-refractivity contribution < 1.29 is 14.3 Å². The van der Waals surface area contributed by atoms with Gasteiger partial charge in [-0.1, -0.05) is 0 Å². The van der Waals surface area contributed by atoms with Crippen LogP contribution in [0.3, 0.4) is 0 Å². The zero-order chi connectivity index (χ0) is 12.3. The molecule has 0 aromatic carbocycles. The van der Waals surface area contributed by atoms with Crippen LogP contribution in [0, 0.1) is 11.8 Å². The number of ether oxygens (including phenoxy) is 2. The first-order valence-corrected chi connectivity index (χ1v) is 6.49. The molecule has 1 spiro atoms. The predicted molar refractivity (Wildman–Crippen MR) is 62.7 cm³/mol. The van der Waals surface area contributed by atoms with Gasteiger partial charge in [0.2, 0.25) is 0 Å². The normalized spacial score (nSPS) is 39.6. The summed E-state index contributed by atoms with van der Waals surface area (Å²) in [5.41, 5.74) is -0.176. The van der Waals surface area contributed by atoms with Gasteiger partial charge in [0.1, 0.15) is 5.60 Å². The van der Waals surface area contributed by atoms with Gasteiger partial charge in [-0.3, -0.25) is 0 Å². The predicted octanol–water partition coefficient (Wildman–Crippen LogP) is 2.03. The monoisotopic (exact) mass is 239 g/mol. The summed E-state index contributed by atoms with van der Waals surface area (Å²) >= 11 is 0. The fraction of sp³-hybridized carbons (Fsp3) is 0.923. The Balaban J connectivity index is 1.57. The third-order valence-corrected chi connectivity index (χ3v) is 4.05. The summed E-state index contributed by atoms with van der Waals surface area (Å²) in [4.78, 5) is 13.8. The maximum atomic E-state index is 11.9. The highest BCUT2D eigenvalue weighted by Crippen LogP contribution is 2.52. The first kappa shape index (κ1) is 11.3. The third-order valence-electron chi connectivity index (χ3n) is 4.05. The molecule has 3 rings (SSSR count). The maximum absolute atomic E-state index is 11.9. The van der Waals surface area contributed by atoms with E-state index in [0.29, 0.717) is 11.8 Å². The number of nitrogens with zero attached hydrogens (tertiary/aromatic N) is 1. The van der Waals surface area contributed by atoms with Crippen LogP contribution in [0.4, 0.5) is 4.79 Å². The van der Waals surface area contributed by atoms with Crippen molar-refractivity contribution in [2.45, 2.75) is 44.8 Å². The number of carbonyl (C=O) groups excluding carboxylic acids is 1. The number of likely N-dealkylation sites (tertiary alicyclic amines) is 1. The van der Waals surface area contributed by atoms with Gasteiger partial charge < -0.3 is 14.4 Å². The summed E-state index contributed by atoms with van der Waals surface area (Å²) in [6, 6.07) is 0. The fourth-order valence-electron chi connectivity index (χ4n) is 3.25. The zero-order valence-corrected chi connectivity index (χ0v) is 10.9. The van der Waals surface area contributed by atoms with Crippen molar-refractivity contribution in [1.29, 1.82) is 0 Å². The Morgan fingerprint density at radius 1 is 1.29 bits per heavy atom. The second-order valence-corrected chi connectivity index (χ2v) is 6.79. The Kier molecular flexibility index (Phi) is 2.25. The SMILES string of the molecule is CC(C)(C)OC(=O)N1C[C@@H]2CC3(CO3)C[C@@H]2C1. The summed E-state index contributed by atoms with van der Waals surface area (Å²) in [7, 11) is 0. The lowest BCUT2D eigenvalue weighted by atomic mass is 10.0. The summed E-state index contributed by atoms with van der Waals surface area (Å²) in [5.74, 6) is 1.26. The van der Waals surface area contributed by atoms with Gasteiger partial charge in [0.25, 0.3) is 0 Å². The van der Waals surface area contributed by atoms with Crippen molar-refractivity contribution in [1.82, 2.24) is 4.90 Å². The molecule has 17 heavy (non-hydrogen) atoms. The number of hydrogen-bond acceptors (Lipinski definition) is 3. The highest BCUT2D eigenvalue weighted by Gasteiger charge is 2.57. The van der Waals surface area contributed by atoms with Crippen LogP contribution in [0.2, 0.25) is 0 Å². The van der Waals surface area contributed by atoms with Gasteiger partial charge in [0.05, 0.1) is 12.2 Å². The van der Waals surface area contributed by atoms with Crippen molar-refractivity contribution in [3.05, 3.63) is 0 Å². The highest BCUT2D eigenvalue weighted by molar-refractivity contribution is 5.68. The van der Waals surface area contributed by atoms with Crippen molar-refractivity contribution in [2.24, 2.45) is 11.8 Å². The van der Waals surface area contributed by atoms with E-state index in [1.165, 1.54) is 0 Å². The van der Waals surface area contributed by atoms with E-state index < -0.39 is 5.60 Å². The van der Waals surface area contributed by atoms with E-state index in [2.05, 4.69) is 0 Å². The number of epoxide rings is 1. The molecule has 2 saturated heterocycles. The molecule has 1 amide bonds. The second-order valence-electron chi connectivity index (χ2n) is 6.79. The topological polar surface area (TPSA) is 42.1 Å². The minimum Gasteiger partial charge on any atom is -0.444 e. The molecule has 0 radical (unpaired) electrons. The Morgan fingerprint density at radius 2 is 1.82 bits per heavy atom. The van der Waals surface area contributed by atoms with Crippen LogP contribution >= 0.6 is 0 Å². The minimum absolute atomic E-state index is 0.155. The van der Waals surface area contributed by atoms with Gasteiger partial charge in [0, 0.05) is 13.1 Å². The molecule has 96 valence electrons. The molecule has 1 saturated carbocycles. The molecular formula is C13H21NO3. The van der Waals surface area contributed by atoms with E-state index in [9.17, 15) is 4.79 Å². The molecule has 0 bridgehead atoms. The quantitative estimate of drug-likeness (QED) is 0.607. The van der Waals surface area contributed by atoms with Crippen molar-refractivity contribution in [2.75, 3.05) is 19.7 Å². The standard InChI is InChI=1S/C13H21NO3/c1-12(2,3)17-11(15)14-6-9-4-13(8-16-13)5-10(9)7-14/h9-10H,4-8H2,1-3H3/t9-,10+,13?. The Labute approximate surface area is 102 Å². The van der Waals surface area contributed by atoms with Gasteiger partial charge in [-0.25, -0.2) is 4.79 Å². The van der Waals surface area contributed by atoms with Crippen LogP contribution in [0.1, 0.15) is 33.6 Å². The lowest BCUT2D eigenvalue weighted by Gasteiger charge is -2.25. The van der Waals surface area contributed by atoms with E-state index in [1.54, 1.807) is 0 Å². The molecule has 4 nitrogen and oxygen atoms in total. The zero-order valence-electron chi connectivity index (χ0n) is 10.9. The van der Waals surface area contributed by atoms with Crippen LogP contribution in [0.5, 0.6) is 0 Å². The molecule has 2 heterocycles. The largest absolute Gasteiger partial charge is 0.444 e. The maximum Gasteiger partial charge on any atom is 0.410 e. The van der Waals surface area contributed by atoms with Crippen LogP contribution in [0.15, 0.2) is 0 Å². The second kappa shape index (κ2) is 3.37. The smallest absolute Gasteiger partial charge is 0.410 e. The van der Waals surface area contributed by atoms with Gasteiger partial charge in [-0.05, 0) is 45.4 Å². The van der Waals surface area contributed by atoms with Gasteiger partial charge in [-0.15, -0.1) is 0 Å².